The maximum atomic E-state index is 3.91. The van der Waals surface area contributed by atoms with Gasteiger partial charge in [-0.3, -0.25) is 5.09 Å². The second kappa shape index (κ2) is 7.25. The third-order valence-electron chi connectivity index (χ3n) is 5.24. The number of hydrogen-bond acceptors (Lipinski definition) is 1. The summed E-state index contributed by atoms with van der Waals surface area (Å²) in [4.78, 5) is 0. The molecule has 18 heavy (non-hydrogen) atoms. The SMILES string of the molecule is CCC(C)CCC(CNP(C)C1CCC1)C1CC1. The van der Waals surface area contributed by atoms with Crippen LogP contribution in [0.15, 0.2) is 0 Å². The molecule has 0 bridgehead atoms. The fraction of sp³-hybridized carbons (Fsp3) is 1.00. The van der Waals surface area contributed by atoms with Crippen LogP contribution < -0.4 is 5.09 Å². The number of nitrogens with one attached hydrogen (secondary N) is 1. The Morgan fingerprint density at radius 3 is 2.39 bits per heavy atom. The fourth-order valence-electron chi connectivity index (χ4n) is 2.94. The van der Waals surface area contributed by atoms with Crippen LogP contribution in [-0.4, -0.2) is 18.9 Å². The largest absolute Gasteiger partial charge is 0.295 e. The highest BCUT2D eigenvalue weighted by molar-refractivity contribution is 7.55. The van der Waals surface area contributed by atoms with Crippen LogP contribution in [0.4, 0.5) is 0 Å². The first-order valence-corrected chi connectivity index (χ1v) is 10.0. The summed E-state index contributed by atoms with van der Waals surface area (Å²) in [7, 11) is 0.136. The Labute approximate surface area is 115 Å². The first kappa shape index (κ1) is 14.8. The lowest BCUT2D eigenvalue weighted by molar-refractivity contribution is 0.368. The Bertz CT molecular complexity index is 235. The van der Waals surface area contributed by atoms with Gasteiger partial charge in [0, 0.05) is 6.54 Å². The van der Waals surface area contributed by atoms with Gasteiger partial charge < -0.3 is 0 Å². The van der Waals surface area contributed by atoms with Crippen molar-refractivity contribution in [3.8, 4) is 0 Å². The summed E-state index contributed by atoms with van der Waals surface area (Å²) in [5.41, 5.74) is 1.05. The number of rotatable bonds is 9. The second-order valence-electron chi connectivity index (χ2n) is 6.75. The molecule has 0 radical (unpaired) electrons. The highest BCUT2D eigenvalue weighted by Gasteiger charge is 2.32. The highest BCUT2D eigenvalue weighted by atomic mass is 31.1. The summed E-state index contributed by atoms with van der Waals surface area (Å²) in [5.74, 6) is 3.00. The van der Waals surface area contributed by atoms with Gasteiger partial charge in [-0.2, -0.15) is 0 Å². The van der Waals surface area contributed by atoms with Crippen LogP contribution in [-0.2, 0) is 0 Å². The van der Waals surface area contributed by atoms with Crippen molar-refractivity contribution in [1.29, 1.82) is 0 Å². The van der Waals surface area contributed by atoms with Crippen molar-refractivity contribution >= 4 is 8.07 Å². The molecule has 3 atom stereocenters. The minimum atomic E-state index is 0.136. The van der Waals surface area contributed by atoms with Gasteiger partial charge in [0.15, 0.2) is 0 Å². The summed E-state index contributed by atoms with van der Waals surface area (Å²) >= 11 is 0. The lowest BCUT2D eigenvalue weighted by atomic mass is 9.92. The van der Waals surface area contributed by atoms with Crippen molar-refractivity contribution in [3.05, 3.63) is 0 Å². The minimum Gasteiger partial charge on any atom is -0.295 e. The van der Waals surface area contributed by atoms with Crippen LogP contribution in [0.2, 0.25) is 0 Å². The van der Waals surface area contributed by atoms with E-state index in [0.717, 1.165) is 23.4 Å². The van der Waals surface area contributed by atoms with Gasteiger partial charge in [0.1, 0.15) is 0 Å². The topological polar surface area (TPSA) is 12.0 Å². The van der Waals surface area contributed by atoms with Crippen LogP contribution in [0.1, 0.15) is 65.2 Å². The third kappa shape index (κ3) is 4.49. The first-order chi connectivity index (χ1) is 8.70. The van der Waals surface area contributed by atoms with E-state index in [1.165, 1.54) is 57.9 Å². The van der Waals surface area contributed by atoms with E-state index in [1.807, 2.05) is 0 Å². The maximum absolute atomic E-state index is 3.91. The molecule has 1 nitrogen and oxygen atoms in total. The molecule has 106 valence electrons. The molecule has 2 fully saturated rings. The molecular weight excluding hydrogens is 237 g/mol. The van der Waals surface area contributed by atoms with Crippen molar-refractivity contribution in [2.24, 2.45) is 17.8 Å². The summed E-state index contributed by atoms with van der Waals surface area (Å²) in [5, 5.41) is 3.91. The van der Waals surface area contributed by atoms with Gasteiger partial charge in [-0.25, -0.2) is 0 Å². The number of hydrogen-bond donors (Lipinski definition) is 1. The van der Waals surface area contributed by atoms with E-state index < -0.39 is 0 Å². The molecule has 2 aliphatic carbocycles. The van der Waals surface area contributed by atoms with Crippen LogP contribution in [0.5, 0.6) is 0 Å². The Kier molecular flexibility index (Phi) is 5.96. The minimum absolute atomic E-state index is 0.136. The molecular formula is C16H32NP. The van der Waals surface area contributed by atoms with Crippen molar-refractivity contribution in [1.82, 2.24) is 5.09 Å². The van der Waals surface area contributed by atoms with E-state index in [4.69, 9.17) is 0 Å². The molecule has 0 aromatic carbocycles. The van der Waals surface area contributed by atoms with Gasteiger partial charge in [0.25, 0.3) is 0 Å². The Morgan fingerprint density at radius 1 is 1.17 bits per heavy atom. The average Bonchev–Trinajstić information content (AvgIpc) is 3.10. The Morgan fingerprint density at radius 2 is 1.89 bits per heavy atom. The normalized spacial score (nSPS) is 25.5. The predicted molar refractivity (Wildman–Crippen MR) is 83.4 cm³/mol. The molecule has 0 heterocycles. The first-order valence-electron chi connectivity index (χ1n) is 8.17. The molecule has 0 aliphatic heterocycles. The smallest absolute Gasteiger partial charge is 0.00211 e. The van der Waals surface area contributed by atoms with Crippen molar-refractivity contribution < 1.29 is 0 Å². The molecule has 1 N–H and O–H groups in total. The van der Waals surface area contributed by atoms with Gasteiger partial charge in [0.05, 0.1) is 0 Å². The molecule has 2 rings (SSSR count). The average molecular weight is 269 g/mol. The van der Waals surface area contributed by atoms with Gasteiger partial charge in [-0.1, -0.05) is 33.1 Å². The van der Waals surface area contributed by atoms with E-state index >= 15 is 0 Å². The zero-order chi connectivity index (χ0) is 13.0. The molecule has 0 aromatic rings. The van der Waals surface area contributed by atoms with Crippen LogP contribution in [0.25, 0.3) is 0 Å². The maximum Gasteiger partial charge on any atom is 0.00211 e. The molecule has 0 aromatic heterocycles. The fourth-order valence-corrected chi connectivity index (χ4v) is 4.86. The standard InChI is InChI=1S/C16H32NP/c1-4-13(2)8-9-15(14-10-11-14)12-17-18(3)16-6-5-7-16/h13-17H,4-12H2,1-3H3. The van der Waals surface area contributed by atoms with E-state index in [1.54, 1.807) is 0 Å². The Balaban J connectivity index is 1.65. The van der Waals surface area contributed by atoms with Crippen LogP contribution >= 0.6 is 8.07 Å². The molecule has 3 unspecified atom stereocenters. The summed E-state index contributed by atoms with van der Waals surface area (Å²) < 4.78 is 0. The van der Waals surface area contributed by atoms with E-state index in [2.05, 4.69) is 25.6 Å². The second-order valence-corrected chi connectivity index (χ2v) is 9.01. The van der Waals surface area contributed by atoms with E-state index in [0.29, 0.717) is 0 Å². The zero-order valence-electron chi connectivity index (χ0n) is 12.6. The molecule has 2 saturated carbocycles. The van der Waals surface area contributed by atoms with E-state index in [-0.39, 0.29) is 8.07 Å². The van der Waals surface area contributed by atoms with Gasteiger partial charge in [-0.15, -0.1) is 0 Å². The van der Waals surface area contributed by atoms with Crippen LogP contribution in [0.3, 0.4) is 0 Å². The molecule has 0 spiro atoms. The molecule has 2 heteroatoms. The molecule has 0 saturated heterocycles. The lowest BCUT2D eigenvalue weighted by Crippen LogP contribution is -2.27. The van der Waals surface area contributed by atoms with Crippen molar-refractivity contribution in [3.63, 3.8) is 0 Å². The van der Waals surface area contributed by atoms with Crippen LogP contribution in [0, 0.1) is 17.8 Å². The Hall–Kier alpha value is 0.390. The lowest BCUT2D eigenvalue weighted by Gasteiger charge is -2.33. The van der Waals surface area contributed by atoms with Gasteiger partial charge in [-0.05, 0) is 70.3 Å². The van der Waals surface area contributed by atoms with Gasteiger partial charge >= 0.3 is 0 Å². The third-order valence-corrected chi connectivity index (χ3v) is 7.53. The summed E-state index contributed by atoms with van der Waals surface area (Å²) in [6, 6.07) is 0. The van der Waals surface area contributed by atoms with Crippen molar-refractivity contribution in [2.75, 3.05) is 13.2 Å². The molecule has 2 aliphatic rings. The van der Waals surface area contributed by atoms with E-state index in [9.17, 15) is 0 Å². The monoisotopic (exact) mass is 269 g/mol. The van der Waals surface area contributed by atoms with Crippen molar-refractivity contribution in [2.45, 2.75) is 70.9 Å². The summed E-state index contributed by atoms with van der Waals surface area (Å²) in [6.07, 6.45) is 11.8. The zero-order valence-corrected chi connectivity index (χ0v) is 13.5. The predicted octanol–water partition coefficient (Wildman–Crippen LogP) is 5.01. The quantitative estimate of drug-likeness (QED) is 0.580. The highest BCUT2D eigenvalue weighted by Crippen LogP contribution is 2.46. The van der Waals surface area contributed by atoms with Gasteiger partial charge in [0.2, 0.25) is 0 Å². The summed E-state index contributed by atoms with van der Waals surface area (Å²) in [6.45, 7) is 8.53. The molecule has 0 amide bonds.